The van der Waals surface area contributed by atoms with Crippen molar-refractivity contribution < 1.29 is 10.2 Å². The zero-order valence-electron chi connectivity index (χ0n) is 8.46. The third-order valence-electron chi connectivity index (χ3n) is 3.11. The summed E-state index contributed by atoms with van der Waals surface area (Å²) in [6.07, 6.45) is 1.75. The molecule has 1 aliphatic rings. The number of aryl methyl sites for hydroxylation is 1. The second-order valence-electron chi connectivity index (χ2n) is 4.22. The van der Waals surface area contributed by atoms with E-state index in [1.807, 2.05) is 13.0 Å². The third kappa shape index (κ3) is 1.16. The van der Waals surface area contributed by atoms with Gasteiger partial charge in [-0.2, -0.15) is 0 Å². The lowest BCUT2D eigenvalue weighted by atomic mass is 9.97. The summed E-state index contributed by atoms with van der Waals surface area (Å²) in [6.45, 7) is 3.69. The van der Waals surface area contributed by atoms with Crippen LogP contribution in [0, 0.1) is 13.8 Å². The molecule has 0 aliphatic heterocycles. The van der Waals surface area contributed by atoms with E-state index < -0.39 is 5.54 Å². The van der Waals surface area contributed by atoms with E-state index in [-0.39, 0.29) is 11.5 Å². The topological polar surface area (TPSA) is 66.5 Å². The van der Waals surface area contributed by atoms with E-state index in [2.05, 4.69) is 0 Å². The smallest absolute Gasteiger partial charge is 0.162 e. The van der Waals surface area contributed by atoms with Gasteiger partial charge in [0.2, 0.25) is 0 Å². The molecule has 0 radical (unpaired) electrons. The Bertz CT molecular complexity index is 395. The molecule has 1 aromatic rings. The van der Waals surface area contributed by atoms with Gasteiger partial charge in [-0.1, -0.05) is 0 Å². The van der Waals surface area contributed by atoms with Gasteiger partial charge in [0.25, 0.3) is 0 Å². The Balaban J connectivity index is 2.62. The lowest BCUT2D eigenvalue weighted by Crippen LogP contribution is -2.19. The van der Waals surface area contributed by atoms with Gasteiger partial charge < -0.3 is 15.9 Å². The van der Waals surface area contributed by atoms with E-state index in [0.29, 0.717) is 5.56 Å². The maximum atomic E-state index is 9.75. The summed E-state index contributed by atoms with van der Waals surface area (Å²) in [7, 11) is 0. The van der Waals surface area contributed by atoms with Crippen LogP contribution in [0.15, 0.2) is 6.07 Å². The molecule has 0 bridgehead atoms. The quantitative estimate of drug-likeness (QED) is 0.594. The van der Waals surface area contributed by atoms with Crippen LogP contribution in [0.4, 0.5) is 0 Å². The Labute approximate surface area is 83.2 Å². The van der Waals surface area contributed by atoms with Crippen molar-refractivity contribution in [2.75, 3.05) is 0 Å². The first kappa shape index (κ1) is 9.34. The molecule has 1 fully saturated rings. The lowest BCUT2D eigenvalue weighted by Gasteiger charge is -2.15. The van der Waals surface area contributed by atoms with Crippen molar-refractivity contribution in [1.82, 2.24) is 0 Å². The second-order valence-corrected chi connectivity index (χ2v) is 4.22. The molecule has 4 N–H and O–H groups in total. The number of hydrogen-bond acceptors (Lipinski definition) is 3. The largest absolute Gasteiger partial charge is 0.504 e. The molecular formula is C11H15NO2. The van der Waals surface area contributed by atoms with E-state index in [9.17, 15) is 10.2 Å². The Morgan fingerprint density at radius 2 is 1.79 bits per heavy atom. The molecule has 0 aromatic heterocycles. The van der Waals surface area contributed by atoms with Crippen LogP contribution in [-0.4, -0.2) is 10.2 Å². The van der Waals surface area contributed by atoms with E-state index >= 15 is 0 Å². The minimum Gasteiger partial charge on any atom is -0.504 e. The van der Waals surface area contributed by atoms with Gasteiger partial charge >= 0.3 is 0 Å². The van der Waals surface area contributed by atoms with Gasteiger partial charge in [0.15, 0.2) is 11.5 Å². The first-order valence-corrected chi connectivity index (χ1v) is 4.77. The van der Waals surface area contributed by atoms with Gasteiger partial charge in [0.1, 0.15) is 0 Å². The fourth-order valence-electron chi connectivity index (χ4n) is 1.67. The van der Waals surface area contributed by atoms with Gasteiger partial charge in [0.05, 0.1) is 0 Å². The van der Waals surface area contributed by atoms with Crippen molar-refractivity contribution in [2.45, 2.75) is 32.2 Å². The van der Waals surface area contributed by atoms with Crippen LogP contribution in [0.5, 0.6) is 11.5 Å². The van der Waals surface area contributed by atoms with Crippen LogP contribution >= 0.6 is 0 Å². The molecule has 0 spiro atoms. The molecule has 1 saturated carbocycles. The van der Waals surface area contributed by atoms with Crippen molar-refractivity contribution in [2.24, 2.45) is 5.73 Å². The molecule has 14 heavy (non-hydrogen) atoms. The minimum absolute atomic E-state index is 0.0308. The Kier molecular flexibility index (Phi) is 1.76. The summed E-state index contributed by atoms with van der Waals surface area (Å²) < 4.78 is 0. The van der Waals surface area contributed by atoms with Crippen molar-refractivity contribution in [3.05, 3.63) is 22.8 Å². The van der Waals surface area contributed by atoms with Gasteiger partial charge in [0, 0.05) is 11.1 Å². The first-order chi connectivity index (χ1) is 6.46. The predicted octanol–water partition coefficient (Wildman–Crippen LogP) is 1.66. The van der Waals surface area contributed by atoms with E-state index in [0.717, 1.165) is 24.0 Å². The maximum absolute atomic E-state index is 9.75. The van der Waals surface area contributed by atoms with Gasteiger partial charge in [-0.15, -0.1) is 0 Å². The van der Waals surface area contributed by atoms with Crippen LogP contribution in [0.3, 0.4) is 0 Å². The minimum atomic E-state index is -0.403. The summed E-state index contributed by atoms with van der Waals surface area (Å²) >= 11 is 0. The number of phenols is 2. The van der Waals surface area contributed by atoms with Crippen LogP contribution in [-0.2, 0) is 5.54 Å². The van der Waals surface area contributed by atoms with Crippen LogP contribution < -0.4 is 5.73 Å². The molecule has 2 rings (SSSR count). The maximum Gasteiger partial charge on any atom is 0.162 e. The molecule has 0 atom stereocenters. The van der Waals surface area contributed by atoms with Crippen LogP contribution in [0.2, 0.25) is 0 Å². The molecule has 1 aliphatic carbocycles. The predicted molar refractivity (Wildman–Crippen MR) is 54.3 cm³/mol. The van der Waals surface area contributed by atoms with Gasteiger partial charge in [-0.05, 0) is 43.9 Å². The number of phenolic OH excluding ortho intramolecular Hbond substituents is 2. The van der Waals surface area contributed by atoms with Crippen molar-refractivity contribution in [3.63, 3.8) is 0 Å². The summed E-state index contributed by atoms with van der Waals surface area (Å²) in [5, 5.41) is 19.4. The Morgan fingerprint density at radius 1 is 1.21 bits per heavy atom. The Hall–Kier alpha value is -1.22. The highest BCUT2D eigenvalue weighted by atomic mass is 16.3. The van der Waals surface area contributed by atoms with E-state index in [1.165, 1.54) is 0 Å². The zero-order valence-corrected chi connectivity index (χ0v) is 8.46. The van der Waals surface area contributed by atoms with Crippen LogP contribution in [0.1, 0.15) is 29.5 Å². The molecule has 3 heteroatoms. The van der Waals surface area contributed by atoms with E-state index in [4.69, 9.17) is 5.73 Å². The van der Waals surface area contributed by atoms with Crippen LogP contribution in [0.25, 0.3) is 0 Å². The highest BCUT2D eigenvalue weighted by Gasteiger charge is 2.42. The number of nitrogens with two attached hydrogens (primary N) is 1. The standard InChI is InChI=1S/C11H15NO2/c1-6-5-8(11(12)3-4-11)10(14)9(13)7(6)2/h5,13-14H,3-4,12H2,1-2H3. The number of rotatable bonds is 1. The van der Waals surface area contributed by atoms with Crippen molar-refractivity contribution in [1.29, 1.82) is 0 Å². The molecule has 0 amide bonds. The second kappa shape index (κ2) is 2.64. The summed E-state index contributed by atoms with van der Waals surface area (Å²) in [4.78, 5) is 0. The molecule has 0 heterocycles. The molecule has 1 aromatic carbocycles. The summed E-state index contributed by atoms with van der Waals surface area (Å²) in [5.74, 6) is -0.0789. The molecule has 76 valence electrons. The van der Waals surface area contributed by atoms with E-state index in [1.54, 1.807) is 6.92 Å². The average molecular weight is 193 g/mol. The molecule has 0 saturated heterocycles. The number of benzene rings is 1. The summed E-state index contributed by atoms with van der Waals surface area (Å²) in [6, 6.07) is 1.87. The molecular weight excluding hydrogens is 178 g/mol. The molecule has 3 nitrogen and oxygen atoms in total. The Morgan fingerprint density at radius 3 is 2.29 bits per heavy atom. The first-order valence-electron chi connectivity index (χ1n) is 4.77. The monoisotopic (exact) mass is 193 g/mol. The number of hydrogen-bond donors (Lipinski definition) is 3. The number of aromatic hydroxyl groups is 2. The molecule has 0 unspecified atom stereocenters. The average Bonchev–Trinajstić information content (AvgIpc) is 2.87. The fourth-order valence-corrected chi connectivity index (χ4v) is 1.67. The zero-order chi connectivity index (χ0) is 10.5. The van der Waals surface area contributed by atoms with Gasteiger partial charge in [-0.3, -0.25) is 0 Å². The summed E-state index contributed by atoms with van der Waals surface area (Å²) in [5.41, 5.74) is 7.94. The van der Waals surface area contributed by atoms with Crippen molar-refractivity contribution >= 4 is 0 Å². The van der Waals surface area contributed by atoms with Crippen molar-refractivity contribution in [3.8, 4) is 11.5 Å². The van der Waals surface area contributed by atoms with Gasteiger partial charge in [-0.25, -0.2) is 0 Å². The lowest BCUT2D eigenvalue weighted by molar-refractivity contribution is 0.392. The highest BCUT2D eigenvalue weighted by molar-refractivity contribution is 5.56. The SMILES string of the molecule is Cc1cc(C2(N)CC2)c(O)c(O)c1C. The fraction of sp³-hybridized carbons (Fsp3) is 0.455. The highest BCUT2D eigenvalue weighted by Crippen LogP contribution is 2.49. The third-order valence-corrected chi connectivity index (χ3v) is 3.11. The normalized spacial score (nSPS) is 18.2.